The van der Waals surface area contributed by atoms with Crippen LogP contribution < -0.4 is 9.47 Å². The van der Waals surface area contributed by atoms with Crippen LogP contribution in [-0.2, 0) is 0 Å². The van der Waals surface area contributed by atoms with Crippen LogP contribution in [-0.4, -0.2) is 13.2 Å². The van der Waals surface area contributed by atoms with Gasteiger partial charge in [-0.3, -0.25) is 0 Å². The molecule has 14 aromatic rings. The molecule has 0 saturated carbocycles. The Bertz CT molecular complexity index is 4270. The van der Waals surface area contributed by atoms with Gasteiger partial charge in [0.05, 0.1) is 4.88 Å². The zero-order valence-corrected chi connectivity index (χ0v) is 50.5. The molecule has 3 aromatic heterocycles. The van der Waals surface area contributed by atoms with E-state index in [1.807, 2.05) is 71.2 Å². The van der Waals surface area contributed by atoms with Crippen molar-refractivity contribution < 1.29 is 9.47 Å². The monoisotopic (exact) mass is 1230 g/mol. The molecule has 0 bridgehead atoms. The molecule has 0 aliphatic carbocycles. The van der Waals surface area contributed by atoms with Gasteiger partial charge in [0.1, 0.15) is 13.2 Å². The minimum Gasteiger partial charge on any atom is -0.485 e. The second-order valence-electron chi connectivity index (χ2n) is 20.6. The summed E-state index contributed by atoms with van der Waals surface area (Å²) >= 11 is 5.49. The largest absolute Gasteiger partial charge is 0.485 e. The van der Waals surface area contributed by atoms with Gasteiger partial charge in [0.2, 0.25) is 0 Å². The number of fused-ring (bicyclic) bond motifs is 7. The Hall–Kier alpha value is -8.84. The third-order valence-corrected chi connectivity index (χ3v) is 17.8. The molecule has 0 unspecified atom stereocenters. The molecule has 11 aromatic carbocycles. The summed E-state index contributed by atoms with van der Waals surface area (Å²) in [7, 11) is 0. The van der Waals surface area contributed by atoms with Gasteiger partial charge in [-0.05, 0) is 110 Å². The number of aryl methyl sites for hydroxylation is 6. The smallest absolute Gasteiger partial charge is 0.180 e. The fraction of sp³-hybridized carbons (Fsp3) is 0.167. The highest BCUT2D eigenvalue weighted by atomic mass is 32.1. The van der Waals surface area contributed by atoms with Crippen molar-refractivity contribution in [2.75, 3.05) is 13.2 Å². The molecule has 0 spiro atoms. The van der Waals surface area contributed by atoms with Crippen LogP contribution in [0.25, 0.3) is 84.2 Å². The van der Waals surface area contributed by atoms with Crippen molar-refractivity contribution in [3.8, 4) is 55.3 Å². The second-order valence-corrected chi connectivity index (χ2v) is 23.9. The van der Waals surface area contributed by atoms with E-state index in [4.69, 9.17) is 9.47 Å². The average Bonchev–Trinajstić information content (AvgIpc) is 2.32. The lowest BCUT2D eigenvalue weighted by Gasteiger charge is -2.16. The Morgan fingerprint density at radius 2 is 0.607 bits per heavy atom. The highest BCUT2D eigenvalue weighted by Crippen LogP contribution is 2.49. The zero-order chi connectivity index (χ0) is 57.3. The number of hydrogen-bond donors (Lipinski definition) is 0. The molecule has 2 nitrogen and oxygen atoms in total. The van der Waals surface area contributed by atoms with Gasteiger partial charge in [-0.25, -0.2) is 0 Å². The lowest BCUT2D eigenvalue weighted by atomic mass is 10.00. The maximum Gasteiger partial charge on any atom is 0.180 e. The van der Waals surface area contributed by atoms with Gasteiger partial charge >= 0.3 is 0 Å². The molecule has 458 valence electrons. The first kappa shape index (κ1) is 72.6. The first-order valence-corrected chi connectivity index (χ1v) is 30.7. The second kappa shape index (κ2) is 35.8. The molecule has 5 heteroatoms. The summed E-state index contributed by atoms with van der Waals surface area (Å²) in [6.07, 6.45) is 0. The normalized spacial score (nSPS) is 10.4. The van der Waals surface area contributed by atoms with Crippen molar-refractivity contribution in [3.05, 3.63) is 312 Å². The fourth-order valence-corrected chi connectivity index (χ4v) is 13.1. The van der Waals surface area contributed by atoms with Gasteiger partial charge in [-0.15, -0.1) is 34.0 Å². The lowest BCUT2D eigenvalue weighted by Crippen LogP contribution is -2.14. The maximum atomic E-state index is 5.72. The van der Waals surface area contributed by atoms with E-state index < -0.39 is 0 Å². The molecule has 0 amide bonds. The standard InChI is InChI=1S/C19H16.C13H12O2S.2C13H10S.C13H12.C7H8.6CH4/c1-15-7-9-17(10-8-15)19-13-11-18(12-14-19)16-5-3-2-4-6-16;1-9-11-12(15-8-7-14-11)13(16-9)10-5-3-2-4-6-10;1-9-5-4-7-11-10-6-2-3-8-12(10)14-13(9)11;1-9-6-7-13-11(8-9)10-4-2-3-5-12(10)14-13;1-11-7-9-13(10-8-11)12-5-3-2-4-6-12;1-7-5-3-2-4-6-7;;;;;;/h2-14H,1H3;2-6H,7-8H2,1H3;2*2-8H,1H3;2-10H,1H3;2-6H,1H3;6*1H4. The Morgan fingerprint density at radius 3 is 1.08 bits per heavy atom. The first-order chi connectivity index (χ1) is 40.6. The van der Waals surface area contributed by atoms with Crippen LogP contribution in [0.5, 0.6) is 11.5 Å². The van der Waals surface area contributed by atoms with Gasteiger partial charge in [0.15, 0.2) is 11.5 Å². The molecule has 4 heterocycles. The van der Waals surface area contributed by atoms with Crippen LogP contribution in [0.1, 0.15) is 77.3 Å². The van der Waals surface area contributed by atoms with E-state index in [0.717, 1.165) is 11.5 Å². The van der Waals surface area contributed by atoms with Crippen LogP contribution in [0.3, 0.4) is 0 Å². The molecule has 0 fully saturated rings. The summed E-state index contributed by atoms with van der Waals surface area (Å²) < 4.78 is 16.9. The molecule has 15 rings (SSSR count). The lowest BCUT2D eigenvalue weighted by molar-refractivity contribution is 0.173. The number of thiophene rings is 3. The van der Waals surface area contributed by atoms with Crippen LogP contribution in [0.15, 0.2) is 279 Å². The van der Waals surface area contributed by atoms with Crippen molar-refractivity contribution in [1.82, 2.24) is 0 Å². The summed E-state index contributed by atoms with van der Waals surface area (Å²) in [5.74, 6) is 1.84. The maximum absolute atomic E-state index is 5.72. The summed E-state index contributed by atoms with van der Waals surface area (Å²) in [5, 5.41) is 5.56. The van der Waals surface area contributed by atoms with Gasteiger partial charge in [0, 0.05) is 45.2 Å². The molecule has 0 saturated heterocycles. The summed E-state index contributed by atoms with van der Waals surface area (Å²) in [5.41, 5.74) is 15.5. The number of benzene rings is 11. The third kappa shape index (κ3) is 19.1. The molecule has 1 aliphatic rings. The first-order valence-electron chi connectivity index (χ1n) is 28.2. The Kier molecular flexibility index (Phi) is 29.2. The summed E-state index contributed by atoms with van der Waals surface area (Å²) in [6, 6.07) is 97.9. The van der Waals surface area contributed by atoms with E-state index in [1.54, 1.807) is 11.3 Å². The van der Waals surface area contributed by atoms with Gasteiger partial charge in [0.25, 0.3) is 0 Å². The fourth-order valence-electron chi connectivity index (χ4n) is 9.74. The molecular formula is C84H92O2S3. The van der Waals surface area contributed by atoms with Crippen molar-refractivity contribution >= 4 is 74.4 Å². The minimum absolute atomic E-state index is 0. The Labute approximate surface area is 546 Å². The quantitative estimate of drug-likeness (QED) is 0.175. The van der Waals surface area contributed by atoms with Gasteiger partial charge in [-0.2, -0.15) is 0 Å². The number of ether oxygens (including phenoxy) is 2. The molecule has 0 radical (unpaired) electrons. The van der Waals surface area contributed by atoms with E-state index >= 15 is 0 Å². The Morgan fingerprint density at radius 1 is 0.258 bits per heavy atom. The SMILES string of the molecule is C.C.C.C.C.C.Cc1ccc(-c2ccc(-c3ccccc3)cc2)cc1.Cc1ccc(-c2ccccc2)cc1.Cc1ccc2sc3ccccc3c2c1.Cc1cccc2c1sc1ccccc12.Cc1ccccc1.Cc1sc(-c2ccccc2)c2c1OCCO2. The van der Waals surface area contributed by atoms with E-state index in [9.17, 15) is 0 Å². The van der Waals surface area contributed by atoms with Crippen molar-refractivity contribution in [2.24, 2.45) is 0 Å². The summed E-state index contributed by atoms with van der Waals surface area (Å²) in [6.45, 7) is 14.0. The highest BCUT2D eigenvalue weighted by Gasteiger charge is 2.23. The Balaban J connectivity index is 0.000000229. The molecular weight excluding hydrogens is 1140 g/mol. The molecule has 1 aliphatic heterocycles. The predicted octanol–water partition coefficient (Wildman–Crippen LogP) is 27.0. The van der Waals surface area contributed by atoms with E-state index in [2.05, 4.69) is 272 Å². The molecule has 89 heavy (non-hydrogen) atoms. The third-order valence-electron chi connectivity index (χ3n) is 14.2. The molecule has 0 atom stereocenters. The summed E-state index contributed by atoms with van der Waals surface area (Å²) in [4.78, 5) is 2.36. The topological polar surface area (TPSA) is 18.5 Å². The number of rotatable bonds is 4. The average molecular weight is 1230 g/mol. The van der Waals surface area contributed by atoms with Crippen LogP contribution in [0.4, 0.5) is 0 Å². The van der Waals surface area contributed by atoms with E-state index in [1.165, 1.54) is 117 Å². The van der Waals surface area contributed by atoms with Crippen molar-refractivity contribution in [3.63, 3.8) is 0 Å². The van der Waals surface area contributed by atoms with E-state index in [0.29, 0.717) is 13.2 Å². The van der Waals surface area contributed by atoms with Crippen molar-refractivity contribution in [2.45, 2.75) is 86.1 Å². The number of hydrogen-bond acceptors (Lipinski definition) is 5. The van der Waals surface area contributed by atoms with Crippen LogP contribution >= 0.6 is 34.0 Å². The molecule has 0 N–H and O–H groups in total. The van der Waals surface area contributed by atoms with Crippen molar-refractivity contribution in [1.29, 1.82) is 0 Å². The van der Waals surface area contributed by atoms with Gasteiger partial charge < -0.3 is 9.47 Å². The minimum atomic E-state index is 0. The van der Waals surface area contributed by atoms with Crippen LogP contribution in [0, 0.1) is 41.5 Å². The zero-order valence-electron chi connectivity index (χ0n) is 48.0. The highest BCUT2D eigenvalue weighted by molar-refractivity contribution is 7.26. The van der Waals surface area contributed by atoms with Crippen LogP contribution in [0.2, 0.25) is 0 Å². The van der Waals surface area contributed by atoms with Gasteiger partial charge in [-0.1, -0.05) is 322 Å². The van der Waals surface area contributed by atoms with E-state index in [-0.39, 0.29) is 44.6 Å². The predicted molar refractivity (Wildman–Crippen MR) is 404 cm³/mol.